The normalized spacial score (nSPS) is 13.1. The Bertz CT molecular complexity index is 595. The van der Waals surface area contributed by atoms with Crippen LogP contribution in [0.2, 0.25) is 0 Å². The zero-order chi connectivity index (χ0) is 19.1. The second kappa shape index (κ2) is 14.4. The predicted octanol–water partition coefficient (Wildman–Crippen LogP) is 5.80. The second-order valence-electron chi connectivity index (χ2n) is 5.04. The molecule has 1 rings (SSSR count). The Morgan fingerprint density at radius 3 is 2.52 bits per heavy atom. The largest absolute Gasteiger partial charge is 0.508 e. The molecular formula is C21H32N2OS. The van der Waals surface area contributed by atoms with Crippen LogP contribution in [0.15, 0.2) is 70.8 Å². The minimum atomic E-state index is 0.294. The molecule has 1 aromatic heterocycles. The van der Waals surface area contributed by atoms with Gasteiger partial charge in [0.15, 0.2) is 0 Å². The van der Waals surface area contributed by atoms with E-state index in [1.807, 2.05) is 53.0 Å². The first-order chi connectivity index (χ1) is 12.1. The SMILES string of the molecule is C=C/C=C(CN(CC(/C=C\C)=NC)Cc1cccs1)\C(O)=C/C.CC. The molecule has 25 heavy (non-hydrogen) atoms. The quantitative estimate of drug-likeness (QED) is 0.343. The van der Waals surface area contributed by atoms with Crippen LogP contribution in [0.5, 0.6) is 0 Å². The van der Waals surface area contributed by atoms with Crippen LogP contribution in [0.25, 0.3) is 0 Å². The first-order valence-corrected chi connectivity index (χ1v) is 9.52. The third kappa shape index (κ3) is 9.22. The van der Waals surface area contributed by atoms with Crippen LogP contribution in [0.4, 0.5) is 0 Å². The van der Waals surface area contributed by atoms with E-state index < -0.39 is 0 Å². The van der Waals surface area contributed by atoms with E-state index >= 15 is 0 Å². The fourth-order valence-electron chi connectivity index (χ4n) is 2.20. The van der Waals surface area contributed by atoms with Crippen LogP contribution in [-0.2, 0) is 6.54 Å². The van der Waals surface area contributed by atoms with Crippen LogP contribution in [0.3, 0.4) is 0 Å². The van der Waals surface area contributed by atoms with Gasteiger partial charge < -0.3 is 5.11 Å². The van der Waals surface area contributed by atoms with Gasteiger partial charge in [-0.2, -0.15) is 0 Å². The molecule has 0 radical (unpaired) electrons. The van der Waals surface area contributed by atoms with E-state index in [1.165, 1.54) is 4.88 Å². The van der Waals surface area contributed by atoms with Crippen molar-refractivity contribution >= 4 is 17.0 Å². The van der Waals surface area contributed by atoms with Crippen molar-refractivity contribution in [3.63, 3.8) is 0 Å². The molecular weight excluding hydrogens is 328 g/mol. The molecule has 138 valence electrons. The highest BCUT2D eigenvalue weighted by Gasteiger charge is 2.13. The Labute approximate surface area is 157 Å². The number of aliphatic hydroxyl groups is 1. The summed E-state index contributed by atoms with van der Waals surface area (Å²) < 4.78 is 0. The summed E-state index contributed by atoms with van der Waals surface area (Å²) in [6.45, 7) is 13.7. The molecule has 4 heteroatoms. The molecule has 1 N–H and O–H groups in total. The molecule has 1 heterocycles. The number of hydrogen-bond acceptors (Lipinski definition) is 4. The molecule has 3 nitrogen and oxygen atoms in total. The van der Waals surface area contributed by atoms with Crippen LogP contribution in [-0.4, -0.2) is 35.9 Å². The van der Waals surface area contributed by atoms with E-state index in [0.717, 1.165) is 24.4 Å². The predicted molar refractivity (Wildman–Crippen MR) is 114 cm³/mol. The average Bonchev–Trinajstić information content (AvgIpc) is 3.14. The molecule has 0 aromatic carbocycles. The summed E-state index contributed by atoms with van der Waals surface area (Å²) >= 11 is 1.74. The summed E-state index contributed by atoms with van der Waals surface area (Å²) in [6, 6.07) is 4.19. The summed E-state index contributed by atoms with van der Waals surface area (Å²) in [7, 11) is 1.81. The third-order valence-corrected chi connectivity index (χ3v) is 4.17. The van der Waals surface area contributed by atoms with Crippen molar-refractivity contribution < 1.29 is 5.11 Å². The van der Waals surface area contributed by atoms with Gasteiger partial charge in [0.05, 0.1) is 0 Å². The van der Waals surface area contributed by atoms with Gasteiger partial charge >= 0.3 is 0 Å². The molecule has 0 aliphatic heterocycles. The maximum Gasteiger partial charge on any atom is 0.115 e. The minimum absolute atomic E-state index is 0.294. The second-order valence-corrected chi connectivity index (χ2v) is 6.07. The molecule has 1 aromatic rings. The number of aliphatic hydroxyl groups excluding tert-OH is 1. The van der Waals surface area contributed by atoms with E-state index in [1.54, 1.807) is 23.5 Å². The average molecular weight is 361 g/mol. The molecule has 0 aliphatic rings. The molecule has 0 saturated heterocycles. The summed E-state index contributed by atoms with van der Waals surface area (Å²) in [5.41, 5.74) is 1.87. The number of allylic oxidation sites excluding steroid dienone is 4. The van der Waals surface area contributed by atoms with Crippen molar-refractivity contribution in [1.29, 1.82) is 0 Å². The molecule has 0 spiro atoms. The van der Waals surface area contributed by atoms with Crippen molar-refractivity contribution in [3.05, 3.63) is 70.7 Å². The zero-order valence-corrected chi connectivity index (χ0v) is 17.0. The fourth-order valence-corrected chi connectivity index (χ4v) is 2.94. The highest BCUT2D eigenvalue weighted by Crippen LogP contribution is 2.16. The topological polar surface area (TPSA) is 35.8 Å². The van der Waals surface area contributed by atoms with Gasteiger partial charge in [-0.3, -0.25) is 9.89 Å². The standard InChI is InChI=1S/C19H26N2OS.C2H6/c1-5-9-16(19(22)7-3)13-21(14-17(20-4)10-6-2)15-18-11-8-12-23-18;1-2/h5-12,22H,1,13-15H2,2-4H3;1-2H3/b10-6-,16-9-,19-7+,20-17?;. The van der Waals surface area contributed by atoms with E-state index in [4.69, 9.17) is 0 Å². The summed E-state index contributed by atoms with van der Waals surface area (Å²) in [5.74, 6) is 0.294. The minimum Gasteiger partial charge on any atom is -0.508 e. The highest BCUT2D eigenvalue weighted by atomic mass is 32.1. The van der Waals surface area contributed by atoms with E-state index in [2.05, 4.69) is 34.0 Å². The summed E-state index contributed by atoms with van der Waals surface area (Å²) in [5, 5.41) is 12.2. The maximum atomic E-state index is 10.1. The van der Waals surface area contributed by atoms with Crippen LogP contribution in [0, 0.1) is 0 Å². The van der Waals surface area contributed by atoms with E-state index in [0.29, 0.717) is 12.3 Å². The zero-order valence-electron chi connectivity index (χ0n) is 16.2. The fraction of sp³-hybridized carbons (Fsp3) is 0.381. The van der Waals surface area contributed by atoms with Gasteiger partial charge in [-0.15, -0.1) is 11.3 Å². The van der Waals surface area contributed by atoms with Crippen molar-refractivity contribution in [3.8, 4) is 0 Å². The van der Waals surface area contributed by atoms with Gasteiger partial charge in [0.25, 0.3) is 0 Å². The van der Waals surface area contributed by atoms with Gasteiger partial charge in [0.2, 0.25) is 0 Å². The lowest BCUT2D eigenvalue weighted by Gasteiger charge is -2.23. The Morgan fingerprint density at radius 1 is 1.32 bits per heavy atom. The van der Waals surface area contributed by atoms with E-state index in [9.17, 15) is 5.11 Å². The lowest BCUT2D eigenvalue weighted by Crippen LogP contribution is -2.31. The first-order valence-electron chi connectivity index (χ1n) is 8.64. The van der Waals surface area contributed by atoms with Gasteiger partial charge in [-0.25, -0.2) is 0 Å². The number of thiophene rings is 1. The highest BCUT2D eigenvalue weighted by molar-refractivity contribution is 7.09. The number of aliphatic imine (C=N–C) groups is 1. The van der Waals surface area contributed by atoms with Crippen molar-refractivity contribution in [2.45, 2.75) is 34.2 Å². The molecule has 0 unspecified atom stereocenters. The smallest absolute Gasteiger partial charge is 0.115 e. The number of hydrogen-bond donors (Lipinski definition) is 1. The number of nitrogens with zero attached hydrogens (tertiary/aromatic N) is 2. The third-order valence-electron chi connectivity index (χ3n) is 3.31. The summed E-state index contributed by atoms with van der Waals surface area (Å²) in [4.78, 5) is 7.90. The van der Waals surface area contributed by atoms with Gasteiger partial charge in [-0.1, -0.05) is 44.7 Å². The lowest BCUT2D eigenvalue weighted by atomic mass is 10.1. The molecule has 0 aliphatic carbocycles. The molecule has 0 atom stereocenters. The Kier molecular flexibility index (Phi) is 13.3. The van der Waals surface area contributed by atoms with Crippen LogP contribution >= 0.6 is 11.3 Å². The Balaban J connectivity index is 0.00000277. The van der Waals surface area contributed by atoms with Crippen LogP contribution in [0.1, 0.15) is 32.6 Å². The van der Waals surface area contributed by atoms with Crippen LogP contribution < -0.4 is 0 Å². The van der Waals surface area contributed by atoms with Crippen molar-refractivity contribution in [2.24, 2.45) is 4.99 Å². The Morgan fingerprint density at radius 2 is 2.04 bits per heavy atom. The molecule has 0 saturated carbocycles. The summed E-state index contributed by atoms with van der Waals surface area (Å²) in [6.07, 6.45) is 9.29. The lowest BCUT2D eigenvalue weighted by molar-refractivity contribution is 0.319. The molecule has 0 fully saturated rings. The molecule has 0 bridgehead atoms. The van der Waals surface area contributed by atoms with E-state index in [-0.39, 0.29) is 0 Å². The van der Waals surface area contributed by atoms with Gasteiger partial charge in [0, 0.05) is 42.8 Å². The molecule has 0 amide bonds. The van der Waals surface area contributed by atoms with Crippen molar-refractivity contribution in [2.75, 3.05) is 20.1 Å². The van der Waals surface area contributed by atoms with Crippen molar-refractivity contribution in [1.82, 2.24) is 4.90 Å². The monoisotopic (exact) mass is 360 g/mol. The van der Waals surface area contributed by atoms with Gasteiger partial charge in [0.1, 0.15) is 5.76 Å². The maximum absolute atomic E-state index is 10.1. The van der Waals surface area contributed by atoms with Gasteiger partial charge in [-0.05, 0) is 37.4 Å². The Hall–Kier alpha value is -1.91. The number of rotatable bonds is 9. The first kappa shape index (κ1) is 23.1.